The zero-order valence-electron chi connectivity index (χ0n) is 29.3. The van der Waals surface area contributed by atoms with Gasteiger partial charge in [-0.3, -0.25) is 0 Å². The standard InChI is InChI=1S/C50H34N2O/c1-3-16-40(49-51-44(35-19-6-4-7-20-35)31-45(52-49)36-21-8-5-9-22-36)46-32(2)50(41-26-15-14-25-39(41)46)42-29-27-33-17-10-12-23-37(33)47(42)53-48-38-24-13-11-18-34(38)28-30-43(48)50/h3-31H,1H2,2H3/b40-16+. The molecule has 0 bridgehead atoms. The molecule has 0 radical (unpaired) electrons. The smallest absolute Gasteiger partial charge is 0.161 e. The predicted molar refractivity (Wildman–Crippen MR) is 218 cm³/mol. The molecule has 53 heavy (non-hydrogen) atoms. The number of nitrogens with zero attached hydrogens (tertiary/aromatic N) is 2. The number of benzene rings is 7. The molecule has 2 aliphatic rings. The van der Waals surface area contributed by atoms with Crippen LogP contribution in [0.25, 0.3) is 55.2 Å². The van der Waals surface area contributed by atoms with E-state index < -0.39 is 5.41 Å². The molecule has 3 nitrogen and oxygen atoms in total. The van der Waals surface area contributed by atoms with Crippen molar-refractivity contribution >= 4 is 32.7 Å². The summed E-state index contributed by atoms with van der Waals surface area (Å²) in [5.74, 6) is 2.44. The van der Waals surface area contributed by atoms with Crippen molar-refractivity contribution in [1.82, 2.24) is 9.97 Å². The second-order valence-corrected chi connectivity index (χ2v) is 13.7. The van der Waals surface area contributed by atoms with Gasteiger partial charge in [0.15, 0.2) is 5.82 Å². The molecule has 1 spiro atoms. The monoisotopic (exact) mass is 678 g/mol. The molecule has 3 heteroatoms. The van der Waals surface area contributed by atoms with Gasteiger partial charge in [0.2, 0.25) is 0 Å². The Morgan fingerprint density at radius 2 is 1.08 bits per heavy atom. The van der Waals surface area contributed by atoms with Crippen molar-refractivity contribution < 1.29 is 4.74 Å². The third-order valence-corrected chi connectivity index (χ3v) is 11.0. The largest absolute Gasteiger partial charge is 0.455 e. The average molecular weight is 679 g/mol. The zero-order valence-corrected chi connectivity index (χ0v) is 29.3. The molecule has 10 rings (SSSR count). The van der Waals surface area contributed by atoms with Crippen molar-refractivity contribution in [2.45, 2.75) is 12.3 Å². The third-order valence-electron chi connectivity index (χ3n) is 11.0. The zero-order chi connectivity index (χ0) is 35.5. The van der Waals surface area contributed by atoms with E-state index >= 15 is 0 Å². The Morgan fingerprint density at radius 3 is 1.64 bits per heavy atom. The highest BCUT2D eigenvalue weighted by molar-refractivity contribution is 6.11. The van der Waals surface area contributed by atoms with Crippen molar-refractivity contribution in [1.29, 1.82) is 0 Å². The van der Waals surface area contributed by atoms with Gasteiger partial charge < -0.3 is 4.74 Å². The fraction of sp³-hybridized carbons (Fsp3) is 0.0400. The van der Waals surface area contributed by atoms with E-state index in [4.69, 9.17) is 14.7 Å². The summed E-state index contributed by atoms with van der Waals surface area (Å²) >= 11 is 0. The quantitative estimate of drug-likeness (QED) is 0.170. The molecule has 1 aliphatic carbocycles. The van der Waals surface area contributed by atoms with Gasteiger partial charge in [0, 0.05) is 38.6 Å². The summed E-state index contributed by atoms with van der Waals surface area (Å²) in [7, 11) is 0. The van der Waals surface area contributed by atoms with Crippen LogP contribution in [0.5, 0.6) is 11.5 Å². The van der Waals surface area contributed by atoms with Crippen LogP contribution >= 0.6 is 0 Å². The first-order valence-electron chi connectivity index (χ1n) is 18.0. The van der Waals surface area contributed by atoms with Crippen molar-refractivity contribution in [3.63, 3.8) is 0 Å². The van der Waals surface area contributed by atoms with Gasteiger partial charge in [0.1, 0.15) is 11.5 Å². The maximum Gasteiger partial charge on any atom is 0.161 e. The summed E-state index contributed by atoms with van der Waals surface area (Å²) in [6, 6.07) is 57.7. The van der Waals surface area contributed by atoms with Crippen molar-refractivity contribution in [2.24, 2.45) is 0 Å². The van der Waals surface area contributed by atoms with Gasteiger partial charge >= 0.3 is 0 Å². The average Bonchev–Trinajstić information content (AvgIpc) is 3.48. The summed E-state index contributed by atoms with van der Waals surface area (Å²) in [4.78, 5) is 10.6. The van der Waals surface area contributed by atoms with Crippen LogP contribution in [0.3, 0.4) is 0 Å². The van der Waals surface area contributed by atoms with Crippen LogP contribution in [0.1, 0.15) is 35.0 Å². The predicted octanol–water partition coefficient (Wildman–Crippen LogP) is 12.6. The van der Waals surface area contributed by atoms with Crippen LogP contribution in [-0.4, -0.2) is 9.97 Å². The second kappa shape index (κ2) is 12.1. The van der Waals surface area contributed by atoms with Gasteiger partial charge in [0.05, 0.1) is 16.8 Å². The highest BCUT2D eigenvalue weighted by atomic mass is 16.5. The Morgan fingerprint density at radius 1 is 0.566 bits per heavy atom. The highest BCUT2D eigenvalue weighted by Gasteiger charge is 2.52. The molecule has 0 unspecified atom stereocenters. The highest BCUT2D eigenvalue weighted by Crippen LogP contribution is 2.64. The number of hydrogen-bond acceptors (Lipinski definition) is 3. The first-order valence-corrected chi connectivity index (χ1v) is 18.0. The molecular formula is C50H34N2O. The number of allylic oxidation sites excluding steroid dienone is 5. The fourth-order valence-electron chi connectivity index (χ4n) is 8.67. The van der Waals surface area contributed by atoms with E-state index in [1.54, 1.807) is 0 Å². The first-order chi connectivity index (χ1) is 26.2. The van der Waals surface area contributed by atoms with Crippen LogP contribution in [0.2, 0.25) is 0 Å². The maximum absolute atomic E-state index is 7.13. The molecule has 2 heterocycles. The van der Waals surface area contributed by atoms with Crippen LogP contribution < -0.4 is 4.74 Å². The molecule has 1 aromatic heterocycles. The number of fused-ring (bicyclic) bond motifs is 10. The normalized spacial score (nSPS) is 14.2. The molecule has 0 amide bonds. The number of aromatic nitrogens is 2. The number of hydrogen-bond donors (Lipinski definition) is 0. The molecule has 0 N–H and O–H groups in total. The Kier molecular flexibility index (Phi) is 7.09. The van der Waals surface area contributed by atoms with E-state index in [-0.39, 0.29) is 0 Å². The topological polar surface area (TPSA) is 35.0 Å². The van der Waals surface area contributed by atoms with E-state index in [9.17, 15) is 0 Å². The molecule has 0 saturated carbocycles. The molecule has 8 aromatic rings. The van der Waals surface area contributed by atoms with Gasteiger partial charge in [0.25, 0.3) is 0 Å². The Balaban J connectivity index is 1.31. The van der Waals surface area contributed by atoms with Gasteiger partial charge in [-0.15, -0.1) is 0 Å². The Labute approximate surface area is 308 Å². The summed E-state index contributed by atoms with van der Waals surface area (Å²) in [5, 5.41) is 4.47. The first kappa shape index (κ1) is 30.9. The van der Waals surface area contributed by atoms with E-state index in [0.29, 0.717) is 5.82 Å². The molecule has 0 saturated heterocycles. The minimum Gasteiger partial charge on any atom is -0.455 e. The lowest BCUT2D eigenvalue weighted by atomic mass is 9.65. The summed E-state index contributed by atoms with van der Waals surface area (Å²) in [6.45, 7) is 6.50. The molecule has 250 valence electrons. The summed E-state index contributed by atoms with van der Waals surface area (Å²) < 4.78 is 7.13. The summed E-state index contributed by atoms with van der Waals surface area (Å²) in [6.07, 6.45) is 3.94. The fourth-order valence-corrected chi connectivity index (χ4v) is 8.67. The van der Waals surface area contributed by atoms with Crippen molar-refractivity contribution in [3.05, 3.63) is 216 Å². The van der Waals surface area contributed by atoms with Crippen molar-refractivity contribution in [2.75, 3.05) is 0 Å². The van der Waals surface area contributed by atoms with Gasteiger partial charge in [-0.25, -0.2) is 9.97 Å². The van der Waals surface area contributed by atoms with Gasteiger partial charge in [-0.05, 0) is 46.0 Å². The van der Waals surface area contributed by atoms with Crippen LogP contribution in [0, 0.1) is 0 Å². The van der Waals surface area contributed by atoms with Gasteiger partial charge in [-0.2, -0.15) is 0 Å². The van der Waals surface area contributed by atoms with Crippen LogP contribution in [0.15, 0.2) is 188 Å². The summed E-state index contributed by atoms with van der Waals surface area (Å²) in [5.41, 5.74) is 11.0. The number of rotatable bonds is 5. The SMILES string of the molecule is C=C/C=C(\C1=C(C)C2(c3ccccc31)c1ccc3ccccc3c1Oc1c2ccc2ccccc12)c1nc(-c2ccccc2)cc(-c2ccccc2)n1. The molecule has 1 aliphatic heterocycles. The third kappa shape index (κ3) is 4.60. The minimum absolute atomic E-state index is 0.649. The lowest BCUT2D eigenvalue weighted by Crippen LogP contribution is -2.32. The number of ether oxygens (including phenoxy) is 1. The van der Waals surface area contributed by atoms with E-state index in [1.165, 1.54) is 11.1 Å². The lowest BCUT2D eigenvalue weighted by Gasteiger charge is -2.41. The Hall–Kier alpha value is -6.84. The van der Waals surface area contributed by atoms with E-state index in [1.807, 2.05) is 18.2 Å². The van der Waals surface area contributed by atoms with E-state index in [2.05, 4.69) is 171 Å². The van der Waals surface area contributed by atoms with Crippen LogP contribution in [0.4, 0.5) is 0 Å². The molecule has 0 atom stereocenters. The van der Waals surface area contributed by atoms with Gasteiger partial charge in [-0.1, -0.05) is 176 Å². The lowest BCUT2D eigenvalue weighted by molar-refractivity contribution is 0.445. The van der Waals surface area contributed by atoms with E-state index in [0.717, 1.165) is 83.4 Å². The second-order valence-electron chi connectivity index (χ2n) is 13.7. The molecule has 0 fully saturated rings. The molecular weight excluding hydrogens is 645 g/mol. The maximum atomic E-state index is 7.13. The van der Waals surface area contributed by atoms with Crippen molar-refractivity contribution in [3.8, 4) is 34.0 Å². The Bertz CT molecular complexity index is 2690. The van der Waals surface area contributed by atoms with Crippen LogP contribution in [-0.2, 0) is 5.41 Å². The minimum atomic E-state index is -0.650. The molecule has 7 aromatic carbocycles.